The maximum Gasteiger partial charge on any atom is 0.229 e. The van der Waals surface area contributed by atoms with Crippen LogP contribution in [0.2, 0.25) is 0 Å². The van der Waals surface area contributed by atoms with E-state index in [9.17, 15) is 0 Å². The third-order valence-corrected chi connectivity index (χ3v) is 5.21. The Morgan fingerprint density at radius 1 is 1.04 bits per heavy atom. The van der Waals surface area contributed by atoms with Gasteiger partial charge in [0, 0.05) is 37.5 Å². The Morgan fingerprint density at radius 2 is 1.81 bits per heavy atom. The second-order valence-corrected chi connectivity index (χ2v) is 6.80. The molecule has 134 valence electrons. The minimum absolute atomic E-state index is 0.0525. The standard InChI is InChI=1S/C24H23N2O/c1-13-9-11-19(25-6)24-21(13)18-10-8-14(2)22(23(18)27-24)20-12-15(3)16(4)17(5)26(20)7/h8-12H,1-5,7H3/q+1/i1D3,4D3,12D. The molecule has 3 heteroatoms. The molecule has 2 heterocycles. The molecule has 0 saturated carbocycles. The fourth-order valence-corrected chi connectivity index (χ4v) is 3.57. The summed E-state index contributed by atoms with van der Waals surface area (Å²) >= 11 is 0. The van der Waals surface area contributed by atoms with Gasteiger partial charge in [0.15, 0.2) is 5.69 Å². The molecule has 0 N–H and O–H groups in total. The molecule has 27 heavy (non-hydrogen) atoms. The summed E-state index contributed by atoms with van der Waals surface area (Å²) in [5, 5.41) is 0.883. The van der Waals surface area contributed by atoms with Crippen LogP contribution in [0, 0.1) is 41.0 Å². The van der Waals surface area contributed by atoms with Gasteiger partial charge < -0.3 is 4.42 Å². The Labute approximate surface area is 169 Å². The monoisotopic (exact) mass is 362 g/mol. The molecule has 4 rings (SSSR count). The summed E-state index contributed by atoms with van der Waals surface area (Å²) in [7, 11) is 1.71. The summed E-state index contributed by atoms with van der Waals surface area (Å²) in [6.07, 6.45) is 0. The second kappa shape index (κ2) is 5.96. The van der Waals surface area contributed by atoms with E-state index in [1.54, 1.807) is 31.5 Å². The van der Waals surface area contributed by atoms with Gasteiger partial charge in [0.1, 0.15) is 18.2 Å². The lowest BCUT2D eigenvalue weighted by Gasteiger charge is -2.10. The SMILES string of the molecule is [2H]c1c(C)c(C([2H])([2H])[2H])c(C)[n+](C)c1-c1c(C)ccc2c1oc1c([N+]#[C-])ccc(C([2H])([2H])[2H])c12. The Kier molecular flexibility index (Phi) is 2.40. The van der Waals surface area contributed by atoms with Crippen molar-refractivity contribution in [3.05, 3.63) is 69.7 Å². The van der Waals surface area contributed by atoms with Crippen LogP contribution in [0.15, 0.2) is 34.7 Å². The maximum absolute atomic E-state index is 8.87. The minimum Gasteiger partial charge on any atom is -0.466 e. The van der Waals surface area contributed by atoms with Gasteiger partial charge in [-0.2, -0.15) is 4.57 Å². The first-order chi connectivity index (χ1) is 15.7. The highest BCUT2D eigenvalue weighted by molar-refractivity contribution is 6.14. The molecule has 0 saturated heterocycles. The number of hydrogen-bond donors (Lipinski definition) is 0. The fourth-order valence-electron chi connectivity index (χ4n) is 3.57. The summed E-state index contributed by atoms with van der Waals surface area (Å²) in [6.45, 7) is 7.92. The lowest BCUT2D eigenvalue weighted by Crippen LogP contribution is -2.36. The Hall–Kier alpha value is -3.12. The number of aromatic nitrogens is 1. The van der Waals surface area contributed by atoms with Gasteiger partial charge in [-0.25, -0.2) is 4.85 Å². The number of hydrogen-bond acceptors (Lipinski definition) is 1. The van der Waals surface area contributed by atoms with E-state index in [4.69, 9.17) is 20.6 Å². The van der Waals surface area contributed by atoms with E-state index < -0.39 is 13.7 Å². The molecule has 0 aliphatic carbocycles. The first kappa shape index (κ1) is 10.9. The van der Waals surface area contributed by atoms with E-state index >= 15 is 0 Å². The molecule has 3 nitrogen and oxygen atoms in total. The fraction of sp³-hybridized carbons (Fsp3) is 0.250. The van der Waals surface area contributed by atoms with Crippen LogP contribution in [0.4, 0.5) is 5.69 Å². The lowest BCUT2D eigenvalue weighted by molar-refractivity contribution is -0.667. The van der Waals surface area contributed by atoms with Crippen molar-refractivity contribution < 1.29 is 18.6 Å². The second-order valence-electron chi connectivity index (χ2n) is 6.80. The van der Waals surface area contributed by atoms with E-state index in [0.717, 1.165) is 5.56 Å². The van der Waals surface area contributed by atoms with Crippen molar-refractivity contribution >= 4 is 27.6 Å². The maximum atomic E-state index is 8.87. The zero-order valence-corrected chi connectivity index (χ0v) is 15.6. The molecule has 0 spiro atoms. The van der Waals surface area contributed by atoms with Crippen LogP contribution >= 0.6 is 0 Å². The Bertz CT molecular complexity index is 1510. The van der Waals surface area contributed by atoms with Gasteiger partial charge in [-0.05, 0) is 44.2 Å². The summed E-state index contributed by atoms with van der Waals surface area (Å²) < 4.78 is 64.5. The van der Waals surface area contributed by atoms with Crippen molar-refractivity contribution in [3.63, 3.8) is 0 Å². The largest absolute Gasteiger partial charge is 0.466 e. The highest BCUT2D eigenvalue weighted by Gasteiger charge is 2.24. The van der Waals surface area contributed by atoms with E-state index in [1.807, 2.05) is 13.0 Å². The molecule has 0 bridgehead atoms. The summed E-state index contributed by atoms with van der Waals surface area (Å²) in [5.74, 6) is 0. The topological polar surface area (TPSA) is 21.4 Å². The van der Waals surface area contributed by atoms with Gasteiger partial charge in [0.25, 0.3) is 0 Å². The molecule has 0 amide bonds. The zero-order valence-electron chi connectivity index (χ0n) is 22.6. The quantitative estimate of drug-likeness (QED) is 0.293. The number of nitrogens with zero attached hydrogens (tertiary/aromatic N) is 2. The van der Waals surface area contributed by atoms with Crippen molar-refractivity contribution in [3.8, 4) is 11.3 Å². The molecule has 4 aromatic rings. The van der Waals surface area contributed by atoms with Crippen LogP contribution in [0.5, 0.6) is 0 Å². The normalized spacial score (nSPS) is 16.0. The summed E-state index contributed by atoms with van der Waals surface area (Å²) in [6, 6.07) is 6.52. The molecule has 2 aromatic carbocycles. The van der Waals surface area contributed by atoms with Crippen molar-refractivity contribution in [1.82, 2.24) is 0 Å². The van der Waals surface area contributed by atoms with Crippen molar-refractivity contribution in [2.45, 2.75) is 34.5 Å². The number of benzene rings is 2. The minimum atomic E-state index is -2.42. The number of rotatable bonds is 1. The van der Waals surface area contributed by atoms with Gasteiger partial charge in [-0.15, -0.1) is 0 Å². The molecular weight excluding hydrogens is 332 g/mol. The Balaban J connectivity index is 2.23. The van der Waals surface area contributed by atoms with Gasteiger partial charge in [-0.1, -0.05) is 24.3 Å². The highest BCUT2D eigenvalue weighted by atomic mass is 16.3. The molecule has 0 fully saturated rings. The third-order valence-electron chi connectivity index (χ3n) is 5.21. The predicted molar refractivity (Wildman–Crippen MR) is 110 cm³/mol. The van der Waals surface area contributed by atoms with Crippen LogP contribution in [0.25, 0.3) is 38.0 Å². The number of aryl methyl sites for hydroxylation is 2. The molecule has 0 aliphatic rings. The van der Waals surface area contributed by atoms with Gasteiger partial charge in [0.05, 0.1) is 13.5 Å². The Morgan fingerprint density at radius 3 is 2.52 bits per heavy atom. The molecule has 0 radical (unpaired) electrons. The van der Waals surface area contributed by atoms with E-state index in [-0.39, 0.29) is 28.4 Å². The van der Waals surface area contributed by atoms with Crippen molar-refractivity contribution in [2.75, 3.05) is 0 Å². The van der Waals surface area contributed by atoms with Crippen LogP contribution in [-0.4, -0.2) is 0 Å². The van der Waals surface area contributed by atoms with Crippen molar-refractivity contribution in [1.29, 1.82) is 0 Å². The molecule has 2 aromatic heterocycles. The zero-order chi connectivity index (χ0) is 25.3. The predicted octanol–water partition coefficient (Wildman–Crippen LogP) is 6.17. The lowest BCUT2D eigenvalue weighted by atomic mass is 9.97. The summed E-state index contributed by atoms with van der Waals surface area (Å²) in [5.41, 5.74) is 3.63. The van der Waals surface area contributed by atoms with Crippen LogP contribution in [0.1, 0.15) is 37.5 Å². The van der Waals surface area contributed by atoms with Crippen LogP contribution in [-0.2, 0) is 7.05 Å². The van der Waals surface area contributed by atoms with E-state index in [2.05, 4.69) is 4.85 Å². The first-order valence-corrected chi connectivity index (χ1v) is 8.57. The van der Waals surface area contributed by atoms with E-state index in [1.165, 1.54) is 12.1 Å². The third kappa shape index (κ3) is 2.37. The highest BCUT2D eigenvalue weighted by Crippen LogP contribution is 2.41. The summed E-state index contributed by atoms with van der Waals surface area (Å²) in [4.78, 5) is 3.51. The average Bonchev–Trinajstić information content (AvgIpc) is 3.11. The van der Waals surface area contributed by atoms with Gasteiger partial charge in [-0.3, -0.25) is 0 Å². The molecule has 0 atom stereocenters. The van der Waals surface area contributed by atoms with Crippen LogP contribution < -0.4 is 4.57 Å². The average molecular weight is 363 g/mol. The van der Waals surface area contributed by atoms with Gasteiger partial charge in [0.2, 0.25) is 11.4 Å². The smallest absolute Gasteiger partial charge is 0.229 e. The van der Waals surface area contributed by atoms with Gasteiger partial charge >= 0.3 is 0 Å². The van der Waals surface area contributed by atoms with Crippen molar-refractivity contribution in [2.24, 2.45) is 7.05 Å². The first-order valence-electron chi connectivity index (χ1n) is 12.1. The molecule has 0 unspecified atom stereocenters. The molecular formula is C24H23N2O+. The number of fused-ring (bicyclic) bond motifs is 3. The molecule has 0 aliphatic heterocycles. The number of furan rings is 1. The number of pyridine rings is 1. The van der Waals surface area contributed by atoms with E-state index in [0.29, 0.717) is 38.9 Å². The van der Waals surface area contributed by atoms with Crippen LogP contribution in [0.3, 0.4) is 0 Å².